The fraction of sp³-hybridized carbons (Fsp3) is 0.947. The standard InChI is InChI=1S/C19H30O2/c1-18-9-4-3-5-12(18)6-7-13-14(18)8-10-19(2)15(13)11-16(20)17(19)21/h12-16,20H,3-11H2,1-2H3/t12?,13-,14-,15+,16?,18+,19+/m1/s1. The van der Waals surface area contributed by atoms with Crippen molar-refractivity contribution in [3.8, 4) is 0 Å². The van der Waals surface area contributed by atoms with Crippen molar-refractivity contribution in [3.63, 3.8) is 0 Å². The Labute approximate surface area is 128 Å². The zero-order valence-electron chi connectivity index (χ0n) is 13.6. The minimum atomic E-state index is -0.671. The third kappa shape index (κ3) is 1.77. The molecule has 1 N–H and O–H groups in total. The first kappa shape index (κ1) is 14.2. The van der Waals surface area contributed by atoms with E-state index in [-0.39, 0.29) is 11.2 Å². The molecular formula is C19H30O2. The Morgan fingerprint density at radius 2 is 1.81 bits per heavy atom. The van der Waals surface area contributed by atoms with Gasteiger partial charge in [0.15, 0.2) is 5.78 Å². The molecule has 2 unspecified atom stereocenters. The molecule has 21 heavy (non-hydrogen) atoms. The van der Waals surface area contributed by atoms with Gasteiger partial charge in [-0.25, -0.2) is 0 Å². The van der Waals surface area contributed by atoms with Crippen molar-refractivity contribution in [2.24, 2.45) is 34.5 Å². The normalized spacial score (nSPS) is 56.5. The molecule has 0 aromatic carbocycles. The van der Waals surface area contributed by atoms with Crippen LogP contribution in [0.15, 0.2) is 0 Å². The van der Waals surface area contributed by atoms with Crippen molar-refractivity contribution in [3.05, 3.63) is 0 Å². The Balaban J connectivity index is 1.67. The minimum absolute atomic E-state index is 0.155. The van der Waals surface area contributed by atoms with Crippen LogP contribution >= 0.6 is 0 Å². The van der Waals surface area contributed by atoms with Crippen LogP contribution in [-0.2, 0) is 4.79 Å². The molecule has 4 aliphatic rings. The molecule has 2 heteroatoms. The molecule has 0 saturated heterocycles. The number of carbonyl (C=O) groups excluding carboxylic acids is 1. The summed E-state index contributed by atoms with van der Waals surface area (Å²) in [5.74, 6) is 3.05. The molecule has 0 amide bonds. The maximum Gasteiger partial charge on any atom is 0.167 e. The van der Waals surface area contributed by atoms with Gasteiger partial charge in [0, 0.05) is 5.41 Å². The van der Waals surface area contributed by atoms with E-state index in [1.54, 1.807) is 0 Å². The quantitative estimate of drug-likeness (QED) is 0.733. The highest BCUT2D eigenvalue weighted by Crippen LogP contribution is 2.65. The van der Waals surface area contributed by atoms with Gasteiger partial charge in [-0.3, -0.25) is 4.79 Å². The summed E-state index contributed by atoms with van der Waals surface area (Å²) in [6.07, 6.45) is 10.7. The van der Waals surface area contributed by atoms with Crippen LogP contribution in [0.25, 0.3) is 0 Å². The highest BCUT2D eigenvalue weighted by Gasteiger charge is 2.61. The summed E-state index contributed by atoms with van der Waals surface area (Å²) < 4.78 is 0. The van der Waals surface area contributed by atoms with Crippen LogP contribution in [0.2, 0.25) is 0 Å². The second-order valence-electron chi connectivity index (χ2n) is 8.97. The molecule has 0 heterocycles. The number of aliphatic hydroxyl groups is 1. The number of rotatable bonds is 0. The molecule has 4 rings (SSSR count). The van der Waals surface area contributed by atoms with E-state index in [2.05, 4.69) is 13.8 Å². The second kappa shape index (κ2) is 4.57. The number of carbonyl (C=O) groups is 1. The van der Waals surface area contributed by atoms with Crippen molar-refractivity contribution >= 4 is 5.78 Å². The third-order valence-corrected chi connectivity index (χ3v) is 8.32. The first-order valence-electron chi connectivity index (χ1n) is 9.19. The Hall–Kier alpha value is -0.370. The van der Waals surface area contributed by atoms with E-state index < -0.39 is 6.10 Å². The van der Waals surface area contributed by atoms with Gasteiger partial charge in [0.1, 0.15) is 6.10 Å². The van der Waals surface area contributed by atoms with Gasteiger partial charge < -0.3 is 5.11 Å². The highest BCUT2D eigenvalue weighted by molar-refractivity contribution is 5.91. The largest absolute Gasteiger partial charge is 0.385 e. The first-order valence-corrected chi connectivity index (χ1v) is 9.19. The first-order chi connectivity index (χ1) is 9.97. The topological polar surface area (TPSA) is 37.3 Å². The number of hydrogen-bond donors (Lipinski definition) is 1. The van der Waals surface area contributed by atoms with Crippen molar-refractivity contribution < 1.29 is 9.90 Å². The van der Waals surface area contributed by atoms with E-state index in [0.717, 1.165) is 24.7 Å². The lowest BCUT2D eigenvalue weighted by Gasteiger charge is -2.59. The van der Waals surface area contributed by atoms with Gasteiger partial charge >= 0.3 is 0 Å². The maximum absolute atomic E-state index is 12.4. The molecular weight excluding hydrogens is 260 g/mol. The van der Waals surface area contributed by atoms with Gasteiger partial charge in [-0.1, -0.05) is 26.7 Å². The average molecular weight is 290 g/mol. The monoisotopic (exact) mass is 290 g/mol. The molecule has 0 aliphatic heterocycles. The van der Waals surface area contributed by atoms with E-state index in [4.69, 9.17) is 0 Å². The summed E-state index contributed by atoms with van der Waals surface area (Å²) in [5.41, 5.74) is 0.317. The predicted octanol–water partition coefficient (Wildman–Crippen LogP) is 3.96. The fourth-order valence-electron chi connectivity index (χ4n) is 7.08. The van der Waals surface area contributed by atoms with Crippen LogP contribution in [0.5, 0.6) is 0 Å². The Kier molecular flexibility index (Phi) is 3.10. The number of Topliss-reactive ketones (excluding diaryl/α,β-unsaturated/α-hetero) is 1. The van der Waals surface area contributed by atoms with Gasteiger partial charge in [-0.2, -0.15) is 0 Å². The van der Waals surface area contributed by atoms with E-state index in [1.807, 2.05) is 0 Å². The van der Waals surface area contributed by atoms with E-state index >= 15 is 0 Å². The van der Waals surface area contributed by atoms with Crippen molar-refractivity contribution in [1.82, 2.24) is 0 Å². The van der Waals surface area contributed by atoms with Gasteiger partial charge in [0.25, 0.3) is 0 Å². The van der Waals surface area contributed by atoms with Crippen molar-refractivity contribution in [1.29, 1.82) is 0 Å². The maximum atomic E-state index is 12.4. The summed E-state index contributed by atoms with van der Waals surface area (Å²) >= 11 is 0. The molecule has 0 bridgehead atoms. The predicted molar refractivity (Wildman–Crippen MR) is 82.7 cm³/mol. The molecule has 0 spiro atoms. The lowest BCUT2D eigenvalue weighted by atomic mass is 9.45. The van der Waals surface area contributed by atoms with E-state index in [0.29, 0.717) is 17.3 Å². The average Bonchev–Trinajstić information content (AvgIpc) is 2.70. The lowest BCUT2D eigenvalue weighted by molar-refractivity contribution is -0.141. The van der Waals surface area contributed by atoms with Crippen LogP contribution in [0, 0.1) is 34.5 Å². The van der Waals surface area contributed by atoms with Gasteiger partial charge in [-0.05, 0) is 74.0 Å². The molecule has 118 valence electrons. The van der Waals surface area contributed by atoms with Crippen LogP contribution < -0.4 is 0 Å². The van der Waals surface area contributed by atoms with E-state index in [9.17, 15) is 9.90 Å². The second-order valence-corrected chi connectivity index (χ2v) is 8.97. The molecule has 4 saturated carbocycles. The van der Waals surface area contributed by atoms with Crippen LogP contribution in [0.1, 0.15) is 71.6 Å². The highest BCUT2D eigenvalue weighted by atomic mass is 16.3. The molecule has 4 aliphatic carbocycles. The Morgan fingerprint density at radius 1 is 1.00 bits per heavy atom. The molecule has 0 aromatic rings. The Bertz CT molecular complexity index is 458. The van der Waals surface area contributed by atoms with Crippen LogP contribution in [0.4, 0.5) is 0 Å². The summed E-state index contributed by atoms with van der Waals surface area (Å²) in [6, 6.07) is 0. The SMILES string of the molecule is C[C@]12CCCCC1CC[C@@H]1[C@H]2CC[C@]2(C)C(=O)C(O)C[C@@H]12. The summed E-state index contributed by atoms with van der Waals surface area (Å²) in [5, 5.41) is 10.1. The summed E-state index contributed by atoms with van der Waals surface area (Å²) in [7, 11) is 0. The lowest BCUT2D eigenvalue weighted by Crippen LogP contribution is -2.52. The number of fused-ring (bicyclic) bond motifs is 5. The number of aliphatic hydroxyl groups excluding tert-OH is 1. The molecule has 4 fully saturated rings. The van der Waals surface area contributed by atoms with Gasteiger partial charge in [-0.15, -0.1) is 0 Å². The summed E-state index contributed by atoms with van der Waals surface area (Å²) in [6.45, 7) is 4.71. The summed E-state index contributed by atoms with van der Waals surface area (Å²) in [4.78, 5) is 12.4. The zero-order valence-corrected chi connectivity index (χ0v) is 13.6. The van der Waals surface area contributed by atoms with Crippen LogP contribution in [-0.4, -0.2) is 17.0 Å². The Morgan fingerprint density at radius 3 is 2.62 bits per heavy atom. The smallest absolute Gasteiger partial charge is 0.167 e. The molecule has 2 nitrogen and oxygen atoms in total. The zero-order chi connectivity index (χ0) is 14.8. The van der Waals surface area contributed by atoms with Gasteiger partial charge in [0.05, 0.1) is 0 Å². The molecule has 7 atom stereocenters. The number of ketones is 1. The minimum Gasteiger partial charge on any atom is -0.385 e. The van der Waals surface area contributed by atoms with E-state index in [1.165, 1.54) is 44.9 Å². The van der Waals surface area contributed by atoms with Gasteiger partial charge in [0.2, 0.25) is 0 Å². The van der Waals surface area contributed by atoms with Crippen molar-refractivity contribution in [2.75, 3.05) is 0 Å². The molecule has 0 aromatic heterocycles. The fourth-order valence-corrected chi connectivity index (χ4v) is 7.08. The molecule has 0 radical (unpaired) electrons. The number of hydrogen-bond acceptors (Lipinski definition) is 2. The van der Waals surface area contributed by atoms with Crippen LogP contribution in [0.3, 0.4) is 0 Å². The third-order valence-electron chi connectivity index (χ3n) is 8.32. The van der Waals surface area contributed by atoms with Crippen molar-refractivity contribution in [2.45, 2.75) is 77.7 Å².